The SMILES string of the molecule is Cc1cc(NC(=O)C2CCC(N)C2)ccc1Br.Cl. The molecule has 1 aromatic carbocycles. The molecule has 0 heterocycles. The van der Waals surface area contributed by atoms with Gasteiger partial charge < -0.3 is 11.1 Å². The van der Waals surface area contributed by atoms with Gasteiger partial charge >= 0.3 is 0 Å². The number of benzene rings is 1. The number of nitrogens with two attached hydrogens (primary N) is 1. The smallest absolute Gasteiger partial charge is 0.227 e. The first-order valence-corrected chi connectivity index (χ1v) is 6.68. The number of rotatable bonds is 2. The summed E-state index contributed by atoms with van der Waals surface area (Å²) in [7, 11) is 0. The summed E-state index contributed by atoms with van der Waals surface area (Å²) in [6.45, 7) is 2.01. The van der Waals surface area contributed by atoms with Crippen molar-refractivity contribution in [2.24, 2.45) is 11.7 Å². The average molecular weight is 334 g/mol. The molecule has 1 aliphatic carbocycles. The molecule has 100 valence electrons. The third-order valence-corrected chi connectivity index (χ3v) is 4.16. The zero-order valence-corrected chi connectivity index (χ0v) is 12.7. The van der Waals surface area contributed by atoms with Crippen LogP contribution in [-0.2, 0) is 4.79 Å². The summed E-state index contributed by atoms with van der Waals surface area (Å²) in [6, 6.07) is 6.02. The fourth-order valence-corrected chi connectivity index (χ4v) is 2.47. The van der Waals surface area contributed by atoms with Crippen LogP contribution in [0.2, 0.25) is 0 Å². The minimum Gasteiger partial charge on any atom is -0.328 e. The molecule has 0 bridgehead atoms. The van der Waals surface area contributed by atoms with Crippen LogP contribution in [0.3, 0.4) is 0 Å². The highest BCUT2D eigenvalue weighted by Gasteiger charge is 2.27. The monoisotopic (exact) mass is 332 g/mol. The first kappa shape index (κ1) is 15.5. The van der Waals surface area contributed by atoms with Crippen molar-refractivity contribution in [1.82, 2.24) is 0 Å². The van der Waals surface area contributed by atoms with E-state index in [1.165, 1.54) is 0 Å². The minimum absolute atomic E-state index is 0. The Kier molecular flexibility index (Phi) is 5.63. The second-order valence-electron chi connectivity index (χ2n) is 4.72. The number of carbonyl (C=O) groups excluding carboxylic acids is 1. The van der Waals surface area contributed by atoms with Gasteiger partial charge in [0, 0.05) is 22.1 Å². The quantitative estimate of drug-likeness (QED) is 0.873. The maximum absolute atomic E-state index is 12.0. The lowest BCUT2D eigenvalue weighted by molar-refractivity contribution is -0.119. The van der Waals surface area contributed by atoms with Crippen LogP contribution in [0, 0.1) is 12.8 Å². The Morgan fingerprint density at radius 2 is 2.17 bits per heavy atom. The summed E-state index contributed by atoms with van der Waals surface area (Å²) in [5.74, 6) is 0.175. The van der Waals surface area contributed by atoms with Gasteiger partial charge in [-0.05, 0) is 49.9 Å². The fraction of sp³-hybridized carbons (Fsp3) is 0.462. The first-order valence-electron chi connectivity index (χ1n) is 5.89. The molecular formula is C13H18BrClN2O. The topological polar surface area (TPSA) is 55.1 Å². The van der Waals surface area contributed by atoms with Crippen LogP contribution in [0.5, 0.6) is 0 Å². The Morgan fingerprint density at radius 1 is 1.44 bits per heavy atom. The van der Waals surface area contributed by atoms with Gasteiger partial charge in [0.2, 0.25) is 5.91 Å². The highest BCUT2D eigenvalue weighted by Crippen LogP contribution is 2.26. The highest BCUT2D eigenvalue weighted by atomic mass is 79.9. The van der Waals surface area contributed by atoms with E-state index in [4.69, 9.17) is 5.73 Å². The van der Waals surface area contributed by atoms with Crippen LogP contribution in [-0.4, -0.2) is 11.9 Å². The van der Waals surface area contributed by atoms with Crippen LogP contribution < -0.4 is 11.1 Å². The van der Waals surface area contributed by atoms with Crippen molar-refractivity contribution in [3.8, 4) is 0 Å². The average Bonchev–Trinajstić information content (AvgIpc) is 2.70. The van der Waals surface area contributed by atoms with Crippen molar-refractivity contribution in [2.45, 2.75) is 32.2 Å². The van der Waals surface area contributed by atoms with E-state index in [1.807, 2.05) is 25.1 Å². The molecule has 1 aromatic rings. The van der Waals surface area contributed by atoms with E-state index in [9.17, 15) is 4.79 Å². The predicted molar refractivity (Wildman–Crippen MR) is 80.1 cm³/mol. The van der Waals surface area contributed by atoms with Gasteiger partial charge in [0.15, 0.2) is 0 Å². The van der Waals surface area contributed by atoms with Crippen molar-refractivity contribution in [2.75, 3.05) is 5.32 Å². The number of aryl methyl sites for hydroxylation is 1. The molecule has 0 aliphatic heterocycles. The van der Waals surface area contributed by atoms with E-state index >= 15 is 0 Å². The lowest BCUT2D eigenvalue weighted by Gasteiger charge is -2.11. The van der Waals surface area contributed by atoms with Crippen molar-refractivity contribution in [1.29, 1.82) is 0 Å². The van der Waals surface area contributed by atoms with Gasteiger partial charge in [-0.1, -0.05) is 15.9 Å². The predicted octanol–water partition coefficient (Wildman–Crippen LogP) is 3.25. The maximum atomic E-state index is 12.0. The normalized spacial score (nSPS) is 22.4. The zero-order chi connectivity index (χ0) is 12.4. The number of carbonyl (C=O) groups is 1. The summed E-state index contributed by atoms with van der Waals surface area (Å²) in [6.07, 6.45) is 2.67. The third-order valence-electron chi connectivity index (χ3n) is 3.27. The zero-order valence-electron chi connectivity index (χ0n) is 10.3. The number of anilines is 1. The molecule has 3 N–H and O–H groups in total. The van der Waals surface area contributed by atoms with E-state index in [2.05, 4.69) is 21.2 Å². The largest absolute Gasteiger partial charge is 0.328 e. The van der Waals surface area contributed by atoms with Crippen LogP contribution >= 0.6 is 28.3 Å². The molecule has 18 heavy (non-hydrogen) atoms. The number of nitrogens with one attached hydrogen (secondary N) is 1. The Bertz CT molecular complexity index is 439. The van der Waals surface area contributed by atoms with Crippen LogP contribution in [0.15, 0.2) is 22.7 Å². The second kappa shape index (κ2) is 6.55. The van der Waals surface area contributed by atoms with E-state index < -0.39 is 0 Å². The Hall–Kier alpha value is -0.580. The molecule has 0 saturated heterocycles. The van der Waals surface area contributed by atoms with Gasteiger partial charge in [-0.25, -0.2) is 0 Å². The molecule has 0 spiro atoms. The third kappa shape index (κ3) is 3.70. The van der Waals surface area contributed by atoms with Gasteiger partial charge in [0.1, 0.15) is 0 Å². The molecule has 2 unspecified atom stereocenters. The summed E-state index contributed by atoms with van der Waals surface area (Å²) in [5, 5.41) is 2.96. The van der Waals surface area contributed by atoms with Crippen LogP contribution in [0.1, 0.15) is 24.8 Å². The molecule has 1 saturated carbocycles. The van der Waals surface area contributed by atoms with Crippen molar-refractivity contribution >= 4 is 39.9 Å². The maximum Gasteiger partial charge on any atom is 0.227 e. The molecule has 3 nitrogen and oxygen atoms in total. The number of hydrogen-bond donors (Lipinski definition) is 2. The molecular weight excluding hydrogens is 316 g/mol. The van der Waals surface area contributed by atoms with E-state index in [0.717, 1.165) is 35.0 Å². The Labute approximate surface area is 122 Å². The molecule has 5 heteroatoms. The van der Waals surface area contributed by atoms with Crippen LogP contribution in [0.25, 0.3) is 0 Å². The Morgan fingerprint density at radius 3 is 2.72 bits per heavy atom. The van der Waals surface area contributed by atoms with Crippen LogP contribution in [0.4, 0.5) is 5.69 Å². The molecule has 2 atom stereocenters. The summed E-state index contributed by atoms with van der Waals surface area (Å²) in [4.78, 5) is 12.0. The second-order valence-corrected chi connectivity index (χ2v) is 5.58. The summed E-state index contributed by atoms with van der Waals surface area (Å²) in [5.41, 5.74) is 7.79. The van der Waals surface area contributed by atoms with Gasteiger partial charge in [-0.3, -0.25) is 4.79 Å². The number of hydrogen-bond acceptors (Lipinski definition) is 2. The Balaban J connectivity index is 0.00000162. The van der Waals surface area contributed by atoms with Crippen molar-refractivity contribution in [3.05, 3.63) is 28.2 Å². The van der Waals surface area contributed by atoms with Gasteiger partial charge in [0.25, 0.3) is 0 Å². The van der Waals surface area contributed by atoms with Gasteiger partial charge in [-0.15, -0.1) is 12.4 Å². The minimum atomic E-state index is 0. The molecule has 1 amide bonds. The lowest BCUT2D eigenvalue weighted by Crippen LogP contribution is -2.23. The van der Waals surface area contributed by atoms with E-state index in [0.29, 0.717) is 0 Å². The molecule has 2 rings (SSSR count). The van der Waals surface area contributed by atoms with Crippen molar-refractivity contribution in [3.63, 3.8) is 0 Å². The summed E-state index contributed by atoms with van der Waals surface area (Å²) >= 11 is 3.44. The van der Waals surface area contributed by atoms with Crippen molar-refractivity contribution < 1.29 is 4.79 Å². The molecule has 0 aromatic heterocycles. The molecule has 1 fully saturated rings. The fourth-order valence-electron chi connectivity index (χ4n) is 2.22. The molecule has 0 radical (unpaired) electrons. The highest BCUT2D eigenvalue weighted by molar-refractivity contribution is 9.10. The van der Waals surface area contributed by atoms with E-state index in [-0.39, 0.29) is 30.3 Å². The number of halogens is 2. The standard InChI is InChI=1S/C13H17BrN2O.ClH/c1-8-6-11(4-5-12(8)14)16-13(17)9-2-3-10(15)7-9;/h4-6,9-10H,2-3,7,15H2,1H3,(H,16,17);1H. The molecule has 1 aliphatic rings. The van der Waals surface area contributed by atoms with Gasteiger partial charge in [-0.2, -0.15) is 0 Å². The number of amides is 1. The summed E-state index contributed by atoms with van der Waals surface area (Å²) < 4.78 is 1.05. The first-order chi connectivity index (χ1) is 8.06. The lowest BCUT2D eigenvalue weighted by atomic mass is 10.1. The van der Waals surface area contributed by atoms with Gasteiger partial charge in [0.05, 0.1) is 0 Å². The van der Waals surface area contributed by atoms with E-state index in [1.54, 1.807) is 0 Å².